The van der Waals surface area contributed by atoms with Crippen molar-refractivity contribution in [3.63, 3.8) is 0 Å². The van der Waals surface area contributed by atoms with Gasteiger partial charge in [0.15, 0.2) is 0 Å². The van der Waals surface area contributed by atoms with Crippen LogP contribution >= 0.6 is 0 Å². The molecule has 3 rings (SSSR count). The first-order valence-electron chi connectivity index (χ1n) is 6.87. The first-order valence-corrected chi connectivity index (χ1v) is 6.87. The third kappa shape index (κ3) is 2.63. The third-order valence-electron chi connectivity index (χ3n) is 3.36. The fourth-order valence-electron chi connectivity index (χ4n) is 2.39. The van der Waals surface area contributed by atoms with Gasteiger partial charge in [-0.1, -0.05) is 18.2 Å². The molecule has 0 radical (unpaired) electrons. The van der Waals surface area contributed by atoms with Crippen LogP contribution in [-0.2, 0) is 0 Å². The molecule has 1 aromatic heterocycles. The summed E-state index contributed by atoms with van der Waals surface area (Å²) in [6.07, 6.45) is 0. The number of ether oxygens (including phenoxy) is 1. The van der Waals surface area contributed by atoms with Gasteiger partial charge in [0.1, 0.15) is 11.3 Å². The van der Waals surface area contributed by atoms with Crippen molar-refractivity contribution in [3.8, 4) is 5.75 Å². The largest absolute Gasteiger partial charge is 0.423 e. The first-order chi connectivity index (χ1) is 10.5. The van der Waals surface area contributed by atoms with Crippen molar-refractivity contribution in [2.75, 3.05) is 0 Å². The molecule has 0 saturated heterocycles. The molecule has 0 spiro atoms. The number of carbonyl (C=O) groups is 1. The quantitative estimate of drug-likeness (QED) is 0.411. The topological polar surface area (TPSA) is 56.5 Å². The maximum absolute atomic E-state index is 12.2. The molecule has 0 amide bonds. The van der Waals surface area contributed by atoms with E-state index in [4.69, 9.17) is 9.15 Å². The summed E-state index contributed by atoms with van der Waals surface area (Å²) in [5.74, 6) is -0.0526. The monoisotopic (exact) mass is 294 g/mol. The zero-order valence-electron chi connectivity index (χ0n) is 12.3. The number of hydrogen-bond acceptors (Lipinski definition) is 4. The fourth-order valence-corrected chi connectivity index (χ4v) is 2.39. The van der Waals surface area contributed by atoms with Gasteiger partial charge in [0.25, 0.3) is 0 Å². The lowest BCUT2D eigenvalue weighted by Gasteiger charge is -2.10. The van der Waals surface area contributed by atoms with Gasteiger partial charge in [-0.25, -0.2) is 9.59 Å². The molecule has 2 aromatic carbocycles. The van der Waals surface area contributed by atoms with Crippen LogP contribution in [0, 0.1) is 13.8 Å². The van der Waals surface area contributed by atoms with Crippen LogP contribution < -0.4 is 10.4 Å². The highest BCUT2D eigenvalue weighted by molar-refractivity contribution is 5.95. The summed E-state index contributed by atoms with van der Waals surface area (Å²) in [6.45, 7) is 3.63. The average Bonchev–Trinajstić information content (AvgIpc) is 2.46. The standard InChI is InChI=1S/C18H14O4/c1-11-8-14-17(12(2)10-16(19)21-14)15(9-11)22-18(20)13-6-4-3-5-7-13/h3-10H,1-2H3. The van der Waals surface area contributed by atoms with Gasteiger partial charge in [0, 0.05) is 6.07 Å². The molecule has 0 N–H and O–H groups in total. The summed E-state index contributed by atoms with van der Waals surface area (Å²) in [6, 6.07) is 13.7. The molecule has 0 aliphatic carbocycles. The molecule has 0 unspecified atom stereocenters. The second-order valence-corrected chi connectivity index (χ2v) is 5.14. The Morgan fingerprint density at radius 2 is 1.77 bits per heavy atom. The molecule has 3 aromatic rings. The number of fused-ring (bicyclic) bond motifs is 1. The zero-order chi connectivity index (χ0) is 15.7. The summed E-state index contributed by atoms with van der Waals surface area (Å²) in [7, 11) is 0. The molecule has 0 aliphatic heterocycles. The Morgan fingerprint density at radius 3 is 2.50 bits per heavy atom. The van der Waals surface area contributed by atoms with E-state index in [1.807, 2.05) is 13.0 Å². The van der Waals surface area contributed by atoms with E-state index in [-0.39, 0.29) is 0 Å². The van der Waals surface area contributed by atoms with Crippen LogP contribution in [0.5, 0.6) is 5.75 Å². The van der Waals surface area contributed by atoms with Crippen LogP contribution in [-0.4, -0.2) is 5.97 Å². The maximum atomic E-state index is 12.2. The average molecular weight is 294 g/mol. The van der Waals surface area contributed by atoms with E-state index in [0.29, 0.717) is 27.8 Å². The molecule has 0 atom stereocenters. The summed E-state index contributed by atoms with van der Waals surface area (Å²) in [5.41, 5.74) is 2.02. The fraction of sp³-hybridized carbons (Fsp3) is 0.111. The number of carbonyl (C=O) groups excluding carboxylic acids is 1. The van der Waals surface area contributed by atoms with E-state index in [0.717, 1.165) is 5.56 Å². The SMILES string of the molecule is Cc1cc(OC(=O)c2ccccc2)c2c(C)cc(=O)oc2c1. The van der Waals surface area contributed by atoms with E-state index < -0.39 is 11.6 Å². The third-order valence-corrected chi connectivity index (χ3v) is 3.36. The van der Waals surface area contributed by atoms with E-state index in [2.05, 4.69) is 0 Å². The maximum Gasteiger partial charge on any atom is 0.343 e. The van der Waals surface area contributed by atoms with Gasteiger partial charge in [-0.2, -0.15) is 0 Å². The van der Waals surface area contributed by atoms with Gasteiger partial charge >= 0.3 is 11.6 Å². The molecule has 0 fully saturated rings. The lowest BCUT2D eigenvalue weighted by Crippen LogP contribution is -2.09. The molecular weight excluding hydrogens is 280 g/mol. The van der Waals surface area contributed by atoms with Gasteiger partial charge in [0.2, 0.25) is 0 Å². The smallest absolute Gasteiger partial charge is 0.343 e. The Kier molecular flexibility index (Phi) is 3.51. The Morgan fingerprint density at radius 1 is 1.05 bits per heavy atom. The zero-order valence-corrected chi connectivity index (χ0v) is 12.3. The molecule has 4 heteroatoms. The highest BCUT2D eigenvalue weighted by Crippen LogP contribution is 2.30. The van der Waals surface area contributed by atoms with Crippen molar-refractivity contribution in [1.82, 2.24) is 0 Å². The molecule has 22 heavy (non-hydrogen) atoms. The van der Waals surface area contributed by atoms with Crippen LogP contribution in [0.15, 0.2) is 57.7 Å². The van der Waals surface area contributed by atoms with Gasteiger partial charge in [-0.3, -0.25) is 0 Å². The van der Waals surface area contributed by atoms with Crippen molar-refractivity contribution in [2.24, 2.45) is 0 Å². The molecule has 0 bridgehead atoms. The van der Waals surface area contributed by atoms with E-state index >= 15 is 0 Å². The second-order valence-electron chi connectivity index (χ2n) is 5.14. The first kappa shape index (κ1) is 14.1. The van der Waals surface area contributed by atoms with Gasteiger partial charge in [-0.15, -0.1) is 0 Å². The van der Waals surface area contributed by atoms with Crippen LogP contribution in [0.1, 0.15) is 21.5 Å². The number of benzene rings is 2. The van der Waals surface area contributed by atoms with Crippen LogP contribution in [0.3, 0.4) is 0 Å². The molecule has 0 saturated carbocycles. The van der Waals surface area contributed by atoms with E-state index in [1.165, 1.54) is 6.07 Å². The highest BCUT2D eigenvalue weighted by atomic mass is 16.5. The summed E-state index contributed by atoms with van der Waals surface area (Å²) in [4.78, 5) is 23.7. The summed E-state index contributed by atoms with van der Waals surface area (Å²) in [5, 5.41) is 0.634. The Balaban J connectivity index is 2.11. The van der Waals surface area contributed by atoms with Crippen molar-refractivity contribution < 1.29 is 13.9 Å². The van der Waals surface area contributed by atoms with Crippen molar-refractivity contribution in [3.05, 3.63) is 75.6 Å². The van der Waals surface area contributed by atoms with Crippen molar-refractivity contribution in [2.45, 2.75) is 13.8 Å². The minimum atomic E-state index is -0.446. The lowest BCUT2D eigenvalue weighted by atomic mass is 10.1. The van der Waals surface area contributed by atoms with Crippen LogP contribution in [0.4, 0.5) is 0 Å². The van der Waals surface area contributed by atoms with E-state index in [9.17, 15) is 9.59 Å². The Bertz CT molecular complexity index is 908. The van der Waals surface area contributed by atoms with Crippen molar-refractivity contribution >= 4 is 16.9 Å². The minimum Gasteiger partial charge on any atom is -0.423 e. The summed E-state index contributed by atoms with van der Waals surface area (Å²) < 4.78 is 10.7. The normalized spacial score (nSPS) is 10.6. The highest BCUT2D eigenvalue weighted by Gasteiger charge is 2.14. The Labute approximate surface area is 127 Å². The predicted octanol–water partition coefficient (Wildman–Crippen LogP) is 3.63. The molecular formula is C18H14O4. The summed E-state index contributed by atoms with van der Waals surface area (Å²) >= 11 is 0. The Hall–Kier alpha value is -2.88. The molecule has 110 valence electrons. The number of esters is 1. The molecule has 1 heterocycles. The lowest BCUT2D eigenvalue weighted by molar-refractivity contribution is 0.0737. The molecule has 0 aliphatic rings. The second kappa shape index (κ2) is 5.48. The number of aryl methyl sites for hydroxylation is 2. The minimum absolute atomic E-state index is 0.394. The number of rotatable bonds is 2. The number of hydrogen-bond donors (Lipinski definition) is 0. The molecule has 4 nitrogen and oxygen atoms in total. The van der Waals surface area contributed by atoms with Crippen LogP contribution in [0.2, 0.25) is 0 Å². The van der Waals surface area contributed by atoms with Gasteiger partial charge in [0.05, 0.1) is 10.9 Å². The van der Waals surface area contributed by atoms with E-state index in [1.54, 1.807) is 43.3 Å². The predicted molar refractivity (Wildman–Crippen MR) is 83.4 cm³/mol. The van der Waals surface area contributed by atoms with Gasteiger partial charge < -0.3 is 9.15 Å². The van der Waals surface area contributed by atoms with Crippen LogP contribution in [0.25, 0.3) is 11.0 Å². The van der Waals surface area contributed by atoms with Crippen molar-refractivity contribution in [1.29, 1.82) is 0 Å². The van der Waals surface area contributed by atoms with Gasteiger partial charge in [-0.05, 0) is 49.2 Å².